The van der Waals surface area contributed by atoms with Gasteiger partial charge in [0.1, 0.15) is 11.8 Å². The molecular formula is C14H20N2O6S. The summed E-state index contributed by atoms with van der Waals surface area (Å²) < 4.78 is 30.1. The van der Waals surface area contributed by atoms with Crippen LogP contribution in [-0.2, 0) is 14.8 Å². The second kappa shape index (κ2) is 7.42. The molecule has 1 amide bonds. The van der Waals surface area contributed by atoms with Gasteiger partial charge in [-0.05, 0) is 19.8 Å². The Balaban J connectivity index is 3.03. The molecule has 23 heavy (non-hydrogen) atoms. The molecule has 2 N–H and O–H groups in total. The Morgan fingerprint density at radius 2 is 2.09 bits per heavy atom. The van der Waals surface area contributed by atoms with E-state index in [9.17, 15) is 18.0 Å². The topological polar surface area (TPSA) is 117 Å². The van der Waals surface area contributed by atoms with Crippen LogP contribution in [0.5, 0.6) is 0 Å². The lowest BCUT2D eigenvalue weighted by atomic mass is 10.1. The van der Waals surface area contributed by atoms with Gasteiger partial charge in [-0.1, -0.05) is 6.08 Å². The van der Waals surface area contributed by atoms with Gasteiger partial charge in [0.05, 0.1) is 5.56 Å². The zero-order valence-corrected chi connectivity index (χ0v) is 14.0. The van der Waals surface area contributed by atoms with Crippen molar-refractivity contribution in [1.29, 1.82) is 0 Å². The fourth-order valence-corrected chi connectivity index (χ4v) is 2.62. The summed E-state index contributed by atoms with van der Waals surface area (Å²) in [6.07, 6.45) is 2.15. The number of rotatable bonds is 8. The molecule has 1 aromatic heterocycles. The van der Waals surface area contributed by atoms with E-state index >= 15 is 0 Å². The van der Waals surface area contributed by atoms with Crippen molar-refractivity contribution in [2.24, 2.45) is 0 Å². The molecule has 0 radical (unpaired) electrons. The van der Waals surface area contributed by atoms with Gasteiger partial charge in [0, 0.05) is 20.2 Å². The molecule has 8 nitrogen and oxygen atoms in total. The van der Waals surface area contributed by atoms with Gasteiger partial charge < -0.3 is 14.8 Å². The maximum absolute atomic E-state index is 12.2. The minimum absolute atomic E-state index is 0.0183. The van der Waals surface area contributed by atoms with Crippen LogP contribution < -0.4 is 5.32 Å². The number of nitrogens with one attached hydrogen (secondary N) is 1. The second-order valence-electron chi connectivity index (χ2n) is 5.05. The molecule has 1 unspecified atom stereocenters. The Labute approximate surface area is 134 Å². The molecule has 0 aliphatic heterocycles. The number of hydrogen-bond acceptors (Lipinski definition) is 5. The molecule has 1 heterocycles. The number of carbonyl (C=O) groups excluding carboxylic acids is 1. The van der Waals surface area contributed by atoms with Gasteiger partial charge >= 0.3 is 5.97 Å². The minimum atomic E-state index is -3.81. The third-order valence-electron chi connectivity index (χ3n) is 3.14. The van der Waals surface area contributed by atoms with Crippen molar-refractivity contribution in [3.63, 3.8) is 0 Å². The standard InChI is InChI=1S/C14H20N2O6S/c1-5-6-7-11(14(18)19)15-13(17)10-8-12(22-9(10)2)23(20,21)16(3)4/h5,8,11H,1,6-7H2,2-4H3,(H,15,17)(H,18,19). The van der Waals surface area contributed by atoms with E-state index in [1.165, 1.54) is 21.0 Å². The molecule has 0 aliphatic carbocycles. The molecular weight excluding hydrogens is 324 g/mol. The highest BCUT2D eigenvalue weighted by molar-refractivity contribution is 7.88. The number of carbonyl (C=O) groups is 2. The van der Waals surface area contributed by atoms with Gasteiger partial charge in [0.15, 0.2) is 0 Å². The number of furan rings is 1. The Bertz CT molecular complexity index is 705. The number of carboxylic acids is 1. The summed E-state index contributed by atoms with van der Waals surface area (Å²) in [6, 6.07) is -0.00410. The van der Waals surface area contributed by atoms with Crippen molar-refractivity contribution < 1.29 is 27.5 Å². The Kier molecular flexibility index (Phi) is 6.11. The van der Waals surface area contributed by atoms with Crippen molar-refractivity contribution >= 4 is 21.9 Å². The average molecular weight is 344 g/mol. The first-order valence-corrected chi connectivity index (χ1v) is 8.22. The van der Waals surface area contributed by atoms with E-state index in [1.807, 2.05) is 0 Å². The lowest BCUT2D eigenvalue weighted by Crippen LogP contribution is -2.40. The monoisotopic (exact) mass is 344 g/mol. The van der Waals surface area contributed by atoms with Crippen LogP contribution in [0.25, 0.3) is 0 Å². The van der Waals surface area contributed by atoms with Gasteiger partial charge in [-0.3, -0.25) is 4.79 Å². The molecule has 1 atom stereocenters. The molecule has 0 saturated carbocycles. The summed E-state index contributed by atoms with van der Waals surface area (Å²) in [5.74, 6) is -1.79. The molecule has 0 aliphatic rings. The highest BCUT2D eigenvalue weighted by atomic mass is 32.2. The predicted molar refractivity (Wildman–Crippen MR) is 82.6 cm³/mol. The summed E-state index contributed by atoms with van der Waals surface area (Å²) in [4.78, 5) is 23.3. The van der Waals surface area contributed by atoms with E-state index in [1.54, 1.807) is 6.08 Å². The van der Waals surface area contributed by atoms with Gasteiger partial charge in [-0.2, -0.15) is 0 Å². The SMILES string of the molecule is C=CCCC(NC(=O)c1cc(S(=O)(=O)N(C)C)oc1C)C(=O)O. The zero-order valence-electron chi connectivity index (χ0n) is 13.2. The van der Waals surface area contributed by atoms with E-state index in [0.717, 1.165) is 10.4 Å². The van der Waals surface area contributed by atoms with Crippen LogP contribution in [0.4, 0.5) is 0 Å². The van der Waals surface area contributed by atoms with Crippen LogP contribution in [0.2, 0.25) is 0 Å². The summed E-state index contributed by atoms with van der Waals surface area (Å²) in [6.45, 7) is 4.93. The summed E-state index contributed by atoms with van der Waals surface area (Å²) in [5.41, 5.74) is -0.0183. The number of hydrogen-bond donors (Lipinski definition) is 2. The van der Waals surface area contributed by atoms with Gasteiger partial charge in [0.2, 0.25) is 5.09 Å². The van der Waals surface area contributed by atoms with Crippen molar-refractivity contribution in [2.75, 3.05) is 14.1 Å². The maximum atomic E-state index is 12.2. The minimum Gasteiger partial charge on any atom is -0.480 e. The first-order valence-electron chi connectivity index (χ1n) is 6.78. The van der Waals surface area contributed by atoms with Crippen LogP contribution in [-0.4, -0.2) is 49.8 Å². The Morgan fingerprint density at radius 3 is 2.57 bits per heavy atom. The van der Waals surface area contributed by atoms with E-state index in [-0.39, 0.29) is 22.8 Å². The molecule has 0 bridgehead atoms. The van der Waals surface area contributed by atoms with Crippen molar-refractivity contribution in [3.05, 3.63) is 30.0 Å². The molecule has 9 heteroatoms. The van der Waals surface area contributed by atoms with E-state index < -0.39 is 27.9 Å². The molecule has 0 saturated heterocycles. The zero-order chi connectivity index (χ0) is 17.8. The van der Waals surface area contributed by atoms with Gasteiger partial charge in [0.25, 0.3) is 15.9 Å². The Hall–Kier alpha value is -2.13. The maximum Gasteiger partial charge on any atom is 0.326 e. The predicted octanol–water partition coefficient (Wildman–Crippen LogP) is 0.988. The first kappa shape index (κ1) is 18.9. The summed E-state index contributed by atoms with van der Waals surface area (Å²) in [7, 11) is -1.14. The fourth-order valence-electron chi connectivity index (χ4n) is 1.77. The first-order chi connectivity index (χ1) is 10.6. The number of nitrogens with zero attached hydrogens (tertiary/aromatic N) is 1. The third-order valence-corrected chi connectivity index (χ3v) is 4.81. The number of aryl methyl sites for hydroxylation is 1. The van der Waals surface area contributed by atoms with Crippen LogP contribution in [0.15, 0.2) is 28.2 Å². The second-order valence-corrected chi connectivity index (χ2v) is 7.14. The smallest absolute Gasteiger partial charge is 0.326 e. The molecule has 0 spiro atoms. The lowest BCUT2D eigenvalue weighted by molar-refractivity contribution is -0.139. The number of sulfonamides is 1. The number of amides is 1. The molecule has 0 aromatic carbocycles. The number of allylic oxidation sites excluding steroid dienone is 1. The van der Waals surface area contributed by atoms with Crippen LogP contribution in [0.1, 0.15) is 29.0 Å². The van der Waals surface area contributed by atoms with Crippen LogP contribution >= 0.6 is 0 Å². The lowest BCUT2D eigenvalue weighted by Gasteiger charge is -2.13. The third kappa shape index (κ3) is 4.42. The van der Waals surface area contributed by atoms with Crippen molar-refractivity contribution in [3.8, 4) is 0 Å². The quantitative estimate of drug-likeness (QED) is 0.679. The van der Waals surface area contributed by atoms with E-state index in [4.69, 9.17) is 9.52 Å². The Morgan fingerprint density at radius 1 is 1.48 bits per heavy atom. The normalized spacial score (nSPS) is 12.9. The van der Waals surface area contributed by atoms with Crippen molar-refractivity contribution in [1.82, 2.24) is 9.62 Å². The van der Waals surface area contributed by atoms with Gasteiger partial charge in [-0.25, -0.2) is 17.5 Å². The highest BCUT2D eigenvalue weighted by Crippen LogP contribution is 2.21. The van der Waals surface area contributed by atoms with Gasteiger partial charge in [-0.15, -0.1) is 6.58 Å². The average Bonchev–Trinajstić information content (AvgIpc) is 2.85. The molecule has 128 valence electrons. The molecule has 1 aromatic rings. The number of carboxylic acid groups (broad SMARTS) is 1. The highest BCUT2D eigenvalue weighted by Gasteiger charge is 2.27. The van der Waals surface area contributed by atoms with Crippen molar-refractivity contribution in [2.45, 2.75) is 30.9 Å². The number of aliphatic carboxylic acids is 1. The largest absolute Gasteiger partial charge is 0.480 e. The molecule has 0 fully saturated rings. The van der Waals surface area contributed by atoms with Crippen LogP contribution in [0.3, 0.4) is 0 Å². The summed E-state index contributed by atoms with van der Waals surface area (Å²) in [5, 5.41) is 11.1. The molecule has 1 rings (SSSR count). The summed E-state index contributed by atoms with van der Waals surface area (Å²) >= 11 is 0. The van der Waals surface area contributed by atoms with Crippen LogP contribution in [0, 0.1) is 6.92 Å². The van der Waals surface area contributed by atoms with E-state index in [0.29, 0.717) is 6.42 Å². The fraction of sp³-hybridized carbons (Fsp3) is 0.429. The van der Waals surface area contributed by atoms with E-state index in [2.05, 4.69) is 11.9 Å².